The highest BCUT2D eigenvalue weighted by Gasteiger charge is 2.13. The van der Waals surface area contributed by atoms with Gasteiger partial charge in [-0.2, -0.15) is 0 Å². The fourth-order valence-corrected chi connectivity index (χ4v) is 1.52. The van der Waals surface area contributed by atoms with E-state index < -0.39 is 0 Å². The first-order valence-corrected chi connectivity index (χ1v) is 5.88. The quantitative estimate of drug-likeness (QED) is 0.777. The zero-order valence-electron chi connectivity index (χ0n) is 9.44. The molecule has 0 aliphatic rings. The van der Waals surface area contributed by atoms with Crippen LogP contribution in [0.3, 0.4) is 0 Å². The molecule has 0 aliphatic carbocycles. The Bertz CT molecular complexity index is 340. The molecular weight excluding hydrogens is 272 g/mol. The van der Waals surface area contributed by atoms with Crippen molar-refractivity contribution >= 4 is 21.8 Å². The van der Waals surface area contributed by atoms with E-state index >= 15 is 0 Å². The van der Waals surface area contributed by atoms with Crippen molar-refractivity contribution in [2.75, 3.05) is 26.8 Å². The topological polar surface area (TPSA) is 42.4 Å². The highest BCUT2D eigenvalue weighted by Crippen LogP contribution is 2.08. The number of carbonyl (C=O) groups is 1. The average Bonchev–Trinajstić information content (AvgIpc) is 2.30. The van der Waals surface area contributed by atoms with Crippen LogP contribution in [0.1, 0.15) is 17.3 Å². The highest BCUT2D eigenvalue weighted by atomic mass is 79.9. The van der Waals surface area contributed by atoms with Crippen LogP contribution in [0.4, 0.5) is 0 Å². The maximum atomic E-state index is 12.0. The van der Waals surface area contributed by atoms with E-state index in [-0.39, 0.29) is 5.91 Å². The van der Waals surface area contributed by atoms with Crippen molar-refractivity contribution in [3.05, 3.63) is 28.5 Å². The van der Waals surface area contributed by atoms with Gasteiger partial charge in [-0.3, -0.25) is 4.79 Å². The molecule has 1 rings (SSSR count). The molecule has 1 heterocycles. The van der Waals surface area contributed by atoms with Crippen molar-refractivity contribution in [2.45, 2.75) is 6.92 Å². The lowest BCUT2D eigenvalue weighted by Gasteiger charge is -2.20. The Morgan fingerprint density at radius 1 is 1.56 bits per heavy atom. The second-order valence-corrected chi connectivity index (χ2v) is 4.06. The van der Waals surface area contributed by atoms with Gasteiger partial charge in [-0.25, -0.2) is 4.98 Å². The van der Waals surface area contributed by atoms with Gasteiger partial charge in [0.15, 0.2) is 0 Å². The summed E-state index contributed by atoms with van der Waals surface area (Å²) in [6.07, 6.45) is 1.57. The van der Waals surface area contributed by atoms with Gasteiger partial charge in [0.1, 0.15) is 4.60 Å². The first-order valence-electron chi connectivity index (χ1n) is 5.08. The van der Waals surface area contributed by atoms with E-state index in [0.29, 0.717) is 25.3 Å². The molecule has 4 nitrogen and oxygen atoms in total. The van der Waals surface area contributed by atoms with Crippen LogP contribution in [-0.2, 0) is 4.74 Å². The molecule has 5 heteroatoms. The maximum Gasteiger partial charge on any atom is 0.255 e. The molecule has 88 valence electrons. The molecule has 0 atom stereocenters. The molecule has 0 aliphatic heterocycles. The summed E-state index contributed by atoms with van der Waals surface area (Å²) in [5.41, 5.74) is 0.598. The third kappa shape index (κ3) is 3.57. The lowest BCUT2D eigenvalue weighted by molar-refractivity contribution is 0.0706. The van der Waals surface area contributed by atoms with Crippen molar-refractivity contribution in [1.82, 2.24) is 9.88 Å². The molecule has 0 unspecified atom stereocenters. The number of nitrogens with zero attached hydrogens (tertiary/aromatic N) is 2. The van der Waals surface area contributed by atoms with E-state index in [9.17, 15) is 4.79 Å². The lowest BCUT2D eigenvalue weighted by atomic mass is 10.2. The van der Waals surface area contributed by atoms with Crippen molar-refractivity contribution in [1.29, 1.82) is 0 Å². The molecule has 0 spiro atoms. The summed E-state index contributed by atoms with van der Waals surface area (Å²) < 4.78 is 5.69. The lowest BCUT2D eigenvalue weighted by Crippen LogP contribution is -2.33. The maximum absolute atomic E-state index is 12.0. The van der Waals surface area contributed by atoms with Crippen LogP contribution >= 0.6 is 15.9 Å². The number of carbonyl (C=O) groups excluding carboxylic acids is 1. The van der Waals surface area contributed by atoms with E-state index in [1.807, 2.05) is 6.92 Å². The standard InChI is InChI=1S/C11H15BrN2O2/c1-3-14(6-7-16-2)11(15)9-4-5-10(12)13-8-9/h4-5,8H,3,6-7H2,1-2H3. The van der Waals surface area contributed by atoms with Gasteiger partial charge in [-0.05, 0) is 35.0 Å². The number of rotatable bonds is 5. The Morgan fingerprint density at radius 2 is 2.31 bits per heavy atom. The number of pyridine rings is 1. The summed E-state index contributed by atoms with van der Waals surface area (Å²) in [5.74, 6) is -0.0143. The molecule has 1 aromatic rings. The third-order valence-corrected chi connectivity index (χ3v) is 2.68. The van der Waals surface area contributed by atoms with Crippen molar-refractivity contribution in [3.63, 3.8) is 0 Å². The molecule has 0 radical (unpaired) electrons. The third-order valence-electron chi connectivity index (χ3n) is 2.21. The van der Waals surface area contributed by atoms with Gasteiger partial charge in [0, 0.05) is 26.4 Å². The van der Waals surface area contributed by atoms with Crippen LogP contribution in [0.15, 0.2) is 22.9 Å². The van der Waals surface area contributed by atoms with Gasteiger partial charge >= 0.3 is 0 Å². The summed E-state index contributed by atoms with van der Waals surface area (Å²) in [4.78, 5) is 17.8. The number of methoxy groups -OCH3 is 1. The summed E-state index contributed by atoms with van der Waals surface area (Å²) in [6, 6.07) is 3.52. The van der Waals surface area contributed by atoms with Crippen molar-refractivity contribution in [3.8, 4) is 0 Å². The molecule has 1 aromatic heterocycles. The molecule has 0 saturated heterocycles. The first-order chi connectivity index (χ1) is 7.69. The molecule has 0 bridgehead atoms. The summed E-state index contributed by atoms with van der Waals surface area (Å²) >= 11 is 3.23. The molecule has 0 fully saturated rings. The van der Waals surface area contributed by atoms with Crippen LogP contribution < -0.4 is 0 Å². The number of ether oxygens (including phenoxy) is 1. The van der Waals surface area contributed by atoms with E-state index in [4.69, 9.17) is 4.74 Å². The Kier molecular flexibility index (Phi) is 5.42. The predicted molar refractivity (Wildman–Crippen MR) is 65.4 cm³/mol. The molecule has 0 saturated carbocycles. The van der Waals surface area contributed by atoms with E-state index in [0.717, 1.165) is 4.60 Å². The summed E-state index contributed by atoms with van der Waals surface area (Å²) in [5, 5.41) is 0. The average molecular weight is 287 g/mol. The zero-order chi connectivity index (χ0) is 12.0. The number of hydrogen-bond donors (Lipinski definition) is 0. The number of halogens is 1. The van der Waals surface area contributed by atoms with Gasteiger partial charge in [-0.1, -0.05) is 0 Å². The smallest absolute Gasteiger partial charge is 0.255 e. The number of hydrogen-bond acceptors (Lipinski definition) is 3. The predicted octanol–water partition coefficient (Wildman–Crippen LogP) is 1.95. The summed E-state index contributed by atoms with van der Waals surface area (Å²) in [7, 11) is 1.62. The van der Waals surface area contributed by atoms with Gasteiger partial charge in [0.25, 0.3) is 5.91 Å². The minimum atomic E-state index is -0.0143. The second kappa shape index (κ2) is 6.60. The highest BCUT2D eigenvalue weighted by molar-refractivity contribution is 9.10. The van der Waals surface area contributed by atoms with Crippen molar-refractivity contribution in [2.24, 2.45) is 0 Å². The van der Waals surface area contributed by atoms with Crippen LogP contribution in [0.25, 0.3) is 0 Å². The Morgan fingerprint density at radius 3 is 2.81 bits per heavy atom. The second-order valence-electron chi connectivity index (χ2n) is 3.25. The Hall–Kier alpha value is -0.940. The number of amides is 1. The van der Waals surface area contributed by atoms with E-state index in [1.54, 1.807) is 30.3 Å². The van der Waals surface area contributed by atoms with Crippen LogP contribution in [-0.4, -0.2) is 42.6 Å². The largest absolute Gasteiger partial charge is 0.383 e. The molecular formula is C11H15BrN2O2. The minimum Gasteiger partial charge on any atom is -0.383 e. The Labute approximate surface area is 104 Å². The van der Waals surface area contributed by atoms with Crippen LogP contribution in [0, 0.1) is 0 Å². The van der Waals surface area contributed by atoms with Gasteiger partial charge < -0.3 is 9.64 Å². The number of likely N-dealkylation sites (N-methyl/N-ethyl adjacent to an activating group) is 1. The van der Waals surface area contributed by atoms with Crippen LogP contribution in [0.2, 0.25) is 0 Å². The normalized spacial score (nSPS) is 10.2. The van der Waals surface area contributed by atoms with Gasteiger partial charge in [0.05, 0.1) is 12.2 Å². The monoisotopic (exact) mass is 286 g/mol. The molecule has 0 aromatic carbocycles. The fraction of sp³-hybridized carbons (Fsp3) is 0.455. The Balaban J connectivity index is 2.70. The fourth-order valence-electron chi connectivity index (χ4n) is 1.29. The number of aromatic nitrogens is 1. The molecule has 1 amide bonds. The van der Waals surface area contributed by atoms with Crippen molar-refractivity contribution < 1.29 is 9.53 Å². The van der Waals surface area contributed by atoms with Crippen LogP contribution in [0.5, 0.6) is 0 Å². The van der Waals surface area contributed by atoms with Gasteiger partial charge in [-0.15, -0.1) is 0 Å². The summed E-state index contributed by atoms with van der Waals surface area (Å²) in [6.45, 7) is 3.75. The van der Waals surface area contributed by atoms with Gasteiger partial charge in [0.2, 0.25) is 0 Å². The molecule has 16 heavy (non-hydrogen) atoms. The SMILES string of the molecule is CCN(CCOC)C(=O)c1ccc(Br)nc1. The first kappa shape index (κ1) is 13.1. The molecule has 0 N–H and O–H groups in total. The minimum absolute atomic E-state index is 0.0143. The zero-order valence-corrected chi connectivity index (χ0v) is 11.0. The van der Waals surface area contributed by atoms with E-state index in [1.165, 1.54) is 0 Å². The van der Waals surface area contributed by atoms with E-state index in [2.05, 4.69) is 20.9 Å².